The van der Waals surface area contributed by atoms with Crippen LogP contribution >= 0.6 is 0 Å². The van der Waals surface area contributed by atoms with E-state index in [4.69, 9.17) is 4.12 Å². The minimum atomic E-state index is -1.94. The monoisotopic (exact) mass is 494 g/mol. The van der Waals surface area contributed by atoms with Crippen molar-refractivity contribution in [1.29, 1.82) is 0 Å². The van der Waals surface area contributed by atoms with E-state index in [-0.39, 0.29) is 0 Å². The second-order valence-electron chi connectivity index (χ2n) is 10.3. The predicted octanol–water partition coefficient (Wildman–Crippen LogP) is 4.55. The van der Waals surface area contributed by atoms with E-state index in [2.05, 4.69) is 128 Å². The Morgan fingerprint density at radius 3 is 0.771 bits per heavy atom. The maximum Gasteiger partial charge on any atom is 0.228 e. The van der Waals surface area contributed by atoms with Gasteiger partial charge in [-0.15, -0.1) is 0 Å². The fourth-order valence-corrected chi connectivity index (χ4v) is 11.6. The average Bonchev–Trinajstić information content (AvgIpc) is 2.82. The molecule has 0 unspecified atom stereocenters. The van der Waals surface area contributed by atoms with Gasteiger partial charge in [0, 0.05) is 0 Å². The zero-order chi connectivity index (χ0) is 25.3. The van der Waals surface area contributed by atoms with Crippen molar-refractivity contribution in [2.24, 2.45) is 0 Å². The molecule has 0 bridgehead atoms. The molecule has 4 aromatic rings. The van der Waals surface area contributed by atoms with Crippen LogP contribution in [0.3, 0.4) is 0 Å². The highest BCUT2D eigenvalue weighted by Crippen LogP contribution is 2.11. The molecule has 4 aromatic carbocycles. The summed E-state index contributed by atoms with van der Waals surface area (Å²) >= 11 is 0. The molecule has 0 aliphatic carbocycles. The van der Waals surface area contributed by atoms with Crippen molar-refractivity contribution in [2.45, 2.75) is 55.4 Å². The van der Waals surface area contributed by atoms with E-state index in [1.165, 1.54) is 65.3 Å². The third kappa shape index (κ3) is 5.58. The lowest BCUT2D eigenvalue weighted by Crippen LogP contribution is -2.56. The fraction of sp³-hybridized carbons (Fsp3) is 0.250. The van der Waals surface area contributed by atoms with Gasteiger partial charge in [-0.25, -0.2) is 0 Å². The molecule has 0 N–H and O–H groups in total. The van der Waals surface area contributed by atoms with Crippen LogP contribution < -0.4 is 20.7 Å². The summed E-state index contributed by atoms with van der Waals surface area (Å²) in [6, 6.07) is 27.7. The second-order valence-corrected chi connectivity index (χ2v) is 15.5. The van der Waals surface area contributed by atoms with Crippen molar-refractivity contribution in [2.75, 3.05) is 0 Å². The Morgan fingerprint density at radius 2 is 0.571 bits per heavy atom. The van der Waals surface area contributed by atoms with E-state index in [1.54, 1.807) is 0 Å². The number of hydrogen-bond acceptors (Lipinski definition) is 1. The highest BCUT2D eigenvalue weighted by atomic mass is 28.4. The lowest BCUT2D eigenvalue weighted by Gasteiger charge is -2.27. The smallest absolute Gasteiger partial charge is 0.228 e. The van der Waals surface area contributed by atoms with Gasteiger partial charge < -0.3 is 4.12 Å². The Kier molecular flexibility index (Phi) is 7.60. The maximum atomic E-state index is 7.45. The van der Waals surface area contributed by atoms with E-state index >= 15 is 0 Å². The van der Waals surface area contributed by atoms with Gasteiger partial charge in [0.1, 0.15) is 0 Å². The lowest BCUT2D eigenvalue weighted by atomic mass is 10.1. The molecular formula is C32H38OSi2. The first-order valence-corrected chi connectivity index (χ1v) is 15.8. The van der Waals surface area contributed by atoms with Crippen LogP contribution in [0.25, 0.3) is 0 Å². The van der Waals surface area contributed by atoms with Crippen molar-refractivity contribution in [1.82, 2.24) is 0 Å². The van der Waals surface area contributed by atoms with Gasteiger partial charge >= 0.3 is 0 Å². The second kappa shape index (κ2) is 10.5. The molecular weight excluding hydrogens is 457 g/mol. The standard InChI is InChI=1S/C32H38OSi2/c1-21-9-13-29(17-25(21)5)34(30-14-10-22(2)26(6)18-30)33-35(31-15-11-23(3)27(7)19-31)32-16-12-24(4)28(8)20-32/h9-20,34-35H,1-8H3. The van der Waals surface area contributed by atoms with Crippen LogP contribution in [0.5, 0.6) is 0 Å². The quantitative estimate of drug-likeness (QED) is 0.358. The molecule has 0 atom stereocenters. The molecule has 180 valence electrons. The SMILES string of the molecule is Cc1ccc([SiH](O[SiH](c2ccc(C)c(C)c2)c2ccc(C)c(C)c2)c2ccc(C)c(C)c2)cc1C. The maximum absolute atomic E-state index is 7.45. The zero-order valence-electron chi connectivity index (χ0n) is 22.5. The van der Waals surface area contributed by atoms with Crippen LogP contribution in [0.4, 0.5) is 0 Å². The summed E-state index contributed by atoms with van der Waals surface area (Å²) < 4.78 is 7.45. The van der Waals surface area contributed by atoms with Crippen molar-refractivity contribution in [3.8, 4) is 0 Å². The number of aryl methyl sites for hydroxylation is 8. The number of benzene rings is 4. The van der Waals surface area contributed by atoms with Crippen molar-refractivity contribution in [3.05, 3.63) is 117 Å². The van der Waals surface area contributed by atoms with Gasteiger partial charge in [-0.2, -0.15) is 0 Å². The van der Waals surface area contributed by atoms with Crippen LogP contribution in [0.15, 0.2) is 72.8 Å². The van der Waals surface area contributed by atoms with Crippen molar-refractivity contribution < 1.29 is 4.12 Å². The van der Waals surface area contributed by atoms with Crippen LogP contribution in [0, 0.1) is 55.4 Å². The first-order chi connectivity index (χ1) is 16.6. The first kappa shape index (κ1) is 25.4. The van der Waals surface area contributed by atoms with Gasteiger partial charge in [-0.05, 0) is 121 Å². The largest absolute Gasteiger partial charge is 0.446 e. The summed E-state index contributed by atoms with van der Waals surface area (Å²) in [4.78, 5) is 0. The summed E-state index contributed by atoms with van der Waals surface area (Å²) in [6.45, 7) is 17.6. The highest BCUT2D eigenvalue weighted by Gasteiger charge is 2.27. The van der Waals surface area contributed by atoms with Gasteiger partial charge in [-0.3, -0.25) is 0 Å². The third-order valence-corrected chi connectivity index (χ3v) is 13.6. The number of hydrogen-bond donors (Lipinski definition) is 0. The average molecular weight is 495 g/mol. The van der Waals surface area contributed by atoms with Crippen LogP contribution in [-0.2, 0) is 4.12 Å². The Labute approximate surface area is 215 Å². The molecule has 0 heterocycles. The molecule has 0 saturated heterocycles. The normalized spacial score (nSPS) is 11.5. The number of rotatable bonds is 6. The molecule has 0 saturated carbocycles. The Balaban J connectivity index is 1.88. The van der Waals surface area contributed by atoms with Gasteiger partial charge in [0.25, 0.3) is 0 Å². The van der Waals surface area contributed by atoms with E-state index in [0.717, 1.165) is 0 Å². The van der Waals surface area contributed by atoms with Crippen molar-refractivity contribution in [3.63, 3.8) is 0 Å². The minimum absolute atomic E-state index is 1.33. The van der Waals surface area contributed by atoms with Gasteiger partial charge in [-0.1, -0.05) is 72.8 Å². The molecule has 0 aliphatic rings. The molecule has 0 amide bonds. The predicted molar refractivity (Wildman–Crippen MR) is 158 cm³/mol. The molecule has 35 heavy (non-hydrogen) atoms. The molecule has 1 nitrogen and oxygen atoms in total. The molecule has 0 aliphatic heterocycles. The van der Waals surface area contributed by atoms with Crippen molar-refractivity contribution >= 4 is 38.8 Å². The Bertz CT molecular complexity index is 1160. The summed E-state index contributed by atoms with van der Waals surface area (Å²) in [7, 11) is -3.88. The third-order valence-electron chi connectivity index (χ3n) is 7.61. The van der Waals surface area contributed by atoms with E-state index in [9.17, 15) is 0 Å². The van der Waals surface area contributed by atoms with Gasteiger partial charge in [0.15, 0.2) is 0 Å². The molecule has 0 aromatic heterocycles. The zero-order valence-corrected chi connectivity index (χ0v) is 24.8. The van der Waals surface area contributed by atoms with E-state index in [1.807, 2.05) is 0 Å². The first-order valence-electron chi connectivity index (χ1n) is 12.6. The molecule has 4 rings (SSSR count). The highest BCUT2D eigenvalue weighted by molar-refractivity contribution is 6.91. The molecule has 0 radical (unpaired) electrons. The summed E-state index contributed by atoms with van der Waals surface area (Å²) in [5.74, 6) is 0. The van der Waals surface area contributed by atoms with Gasteiger partial charge in [0.2, 0.25) is 18.1 Å². The van der Waals surface area contributed by atoms with E-state index in [0.29, 0.717) is 0 Å². The summed E-state index contributed by atoms with van der Waals surface area (Å²) in [5.41, 5.74) is 10.7. The Morgan fingerprint density at radius 1 is 0.343 bits per heavy atom. The molecule has 0 fully saturated rings. The van der Waals surface area contributed by atoms with Gasteiger partial charge in [0.05, 0.1) is 0 Å². The summed E-state index contributed by atoms with van der Waals surface area (Å²) in [5, 5.41) is 5.45. The van der Waals surface area contributed by atoms with Crippen LogP contribution in [-0.4, -0.2) is 18.1 Å². The minimum Gasteiger partial charge on any atom is -0.446 e. The van der Waals surface area contributed by atoms with Crippen LogP contribution in [0.1, 0.15) is 44.5 Å². The van der Waals surface area contributed by atoms with Crippen LogP contribution in [0.2, 0.25) is 0 Å². The topological polar surface area (TPSA) is 9.23 Å². The molecule has 3 heteroatoms. The molecule has 0 spiro atoms. The fourth-order valence-electron chi connectivity index (χ4n) is 4.55. The summed E-state index contributed by atoms with van der Waals surface area (Å²) in [6.07, 6.45) is 0. The van der Waals surface area contributed by atoms with E-state index < -0.39 is 18.1 Å². The Hall–Kier alpha value is -2.73. The lowest BCUT2D eigenvalue weighted by molar-refractivity contribution is 0.633.